The van der Waals surface area contributed by atoms with E-state index in [2.05, 4.69) is 22.8 Å². The van der Waals surface area contributed by atoms with Crippen molar-refractivity contribution in [1.82, 2.24) is 10.6 Å². The molecule has 18 heavy (non-hydrogen) atoms. The zero-order valence-electron chi connectivity index (χ0n) is 10.9. The number of rotatable bonds is 3. The number of likely N-dealkylation sites (N-methyl/N-ethyl adjacent to an activating group) is 1. The maximum absolute atomic E-state index is 11.7. The van der Waals surface area contributed by atoms with Crippen molar-refractivity contribution in [2.45, 2.75) is 24.8 Å². The van der Waals surface area contributed by atoms with Crippen LogP contribution in [-0.2, 0) is 4.79 Å². The molecule has 2 atom stereocenters. The second-order valence-electron chi connectivity index (χ2n) is 4.62. The fourth-order valence-corrected chi connectivity index (χ4v) is 2.49. The van der Waals surface area contributed by atoms with Gasteiger partial charge in [0.25, 0.3) is 0 Å². The fourth-order valence-electron chi connectivity index (χ4n) is 2.49. The molecule has 0 spiro atoms. The average molecular weight is 248 g/mol. The summed E-state index contributed by atoms with van der Waals surface area (Å²) in [5.74, 6) is 1.37. The fraction of sp³-hybridized carbons (Fsp3) is 0.500. The maximum Gasteiger partial charge on any atom is 0.236 e. The van der Waals surface area contributed by atoms with Gasteiger partial charge in [-0.2, -0.15) is 0 Å². The number of nitrogens with one attached hydrogen (secondary N) is 2. The van der Waals surface area contributed by atoms with E-state index in [-0.39, 0.29) is 11.9 Å². The summed E-state index contributed by atoms with van der Waals surface area (Å²) in [7, 11) is 3.36. The molecule has 0 aliphatic carbocycles. The number of methoxy groups -OCH3 is 1. The van der Waals surface area contributed by atoms with Gasteiger partial charge in [-0.15, -0.1) is 0 Å². The molecule has 0 radical (unpaired) electrons. The van der Waals surface area contributed by atoms with Crippen molar-refractivity contribution in [1.29, 1.82) is 0 Å². The minimum Gasteiger partial charge on any atom is -0.497 e. The summed E-state index contributed by atoms with van der Waals surface area (Å²) >= 11 is 0. The normalized spacial score (nSPS) is 23.4. The van der Waals surface area contributed by atoms with Crippen molar-refractivity contribution in [3.8, 4) is 5.75 Å². The first-order chi connectivity index (χ1) is 8.74. The van der Waals surface area contributed by atoms with Gasteiger partial charge >= 0.3 is 0 Å². The van der Waals surface area contributed by atoms with Gasteiger partial charge in [0.05, 0.1) is 13.2 Å². The molecule has 1 saturated heterocycles. The molecule has 1 aromatic carbocycles. The predicted molar refractivity (Wildman–Crippen MR) is 70.8 cm³/mol. The highest BCUT2D eigenvalue weighted by atomic mass is 16.5. The molecule has 1 aliphatic rings. The van der Waals surface area contributed by atoms with Gasteiger partial charge in [-0.3, -0.25) is 4.79 Å². The van der Waals surface area contributed by atoms with E-state index in [0.29, 0.717) is 5.92 Å². The Morgan fingerprint density at radius 3 is 3.06 bits per heavy atom. The van der Waals surface area contributed by atoms with Crippen LogP contribution < -0.4 is 15.4 Å². The summed E-state index contributed by atoms with van der Waals surface area (Å²) in [6.45, 7) is 0.875. The number of carbonyl (C=O) groups is 1. The van der Waals surface area contributed by atoms with E-state index < -0.39 is 0 Å². The zero-order valence-corrected chi connectivity index (χ0v) is 10.9. The van der Waals surface area contributed by atoms with Gasteiger partial charge in [-0.25, -0.2) is 0 Å². The van der Waals surface area contributed by atoms with E-state index in [1.165, 1.54) is 5.56 Å². The third-order valence-corrected chi connectivity index (χ3v) is 3.53. The molecule has 4 heteroatoms. The van der Waals surface area contributed by atoms with Crippen LogP contribution in [0.2, 0.25) is 0 Å². The minimum atomic E-state index is -0.0834. The monoisotopic (exact) mass is 248 g/mol. The van der Waals surface area contributed by atoms with Gasteiger partial charge in [-0.1, -0.05) is 12.1 Å². The molecule has 1 aliphatic heterocycles. The SMILES string of the molecule is CNC(=O)C1CC(c2cccc(OC)c2)CCN1. The molecule has 2 N–H and O–H groups in total. The van der Waals surface area contributed by atoms with E-state index >= 15 is 0 Å². The van der Waals surface area contributed by atoms with Gasteiger partial charge in [0, 0.05) is 7.05 Å². The Morgan fingerprint density at radius 1 is 1.50 bits per heavy atom. The van der Waals surface area contributed by atoms with Crippen molar-refractivity contribution >= 4 is 5.91 Å². The lowest BCUT2D eigenvalue weighted by Gasteiger charge is -2.29. The summed E-state index contributed by atoms with van der Waals surface area (Å²) < 4.78 is 5.25. The van der Waals surface area contributed by atoms with Crippen molar-refractivity contribution in [2.75, 3.05) is 20.7 Å². The van der Waals surface area contributed by atoms with E-state index in [9.17, 15) is 4.79 Å². The number of amides is 1. The molecule has 4 nitrogen and oxygen atoms in total. The van der Waals surface area contributed by atoms with E-state index in [1.807, 2.05) is 12.1 Å². The molecule has 0 saturated carbocycles. The largest absolute Gasteiger partial charge is 0.497 e. The molecule has 0 aromatic heterocycles. The molecule has 1 fully saturated rings. The highest BCUT2D eigenvalue weighted by Crippen LogP contribution is 2.29. The van der Waals surface area contributed by atoms with E-state index in [1.54, 1.807) is 14.2 Å². The van der Waals surface area contributed by atoms with Crippen LogP contribution in [0, 0.1) is 0 Å². The molecular weight excluding hydrogens is 228 g/mol. The first-order valence-corrected chi connectivity index (χ1v) is 6.33. The van der Waals surface area contributed by atoms with Crippen LogP contribution in [0.15, 0.2) is 24.3 Å². The molecule has 0 bridgehead atoms. The quantitative estimate of drug-likeness (QED) is 0.847. The van der Waals surface area contributed by atoms with Crippen LogP contribution in [0.4, 0.5) is 0 Å². The van der Waals surface area contributed by atoms with Crippen molar-refractivity contribution in [3.05, 3.63) is 29.8 Å². The Bertz CT molecular complexity index is 420. The third kappa shape index (κ3) is 2.82. The second kappa shape index (κ2) is 5.87. The lowest BCUT2D eigenvalue weighted by atomic mass is 9.86. The number of piperidine rings is 1. The Balaban J connectivity index is 2.10. The topological polar surface area (TPSA) is 50.4 Å². The summed E-state index contributed by atoms with van der Waals surface area (Å²) in [4.78, 5) is 11.7. The maximum atomic E-state index is 11.7. The molecule has 1 aromatic rings. The van der Waals surface area contributed by atoms with Crippen LogP contribution in [0.5, 0.6) is 5.75 Å². The smallest absolute Gasteiger partial charge is 0.236 e. The Kier molecular flexibility index (Phi) is 4.20. The zero-order chi connectivity index (χ0) is 13.0. The summed E-state index contributed by atoms with van der Waals surface area (Å²) in [5.41, 5.74) is 1.25. The predicted octanol–water partition coefficient (Wildman–Crippen LogP) is 1.28. The van der Waals surface area contributed by atoms with Crippen LogP contribution in [-0.4, -0.2) is 32.7 Å². The van der Waals surface area contributed by atoms with Crippen LogP contribution in [0.25, 0.3) is 0 Å². The van der Waals surface area contributed by atoms with Crippen LogP contribution in [0.3, 0.4) is 0 Å². The van der Waals surface area contributed by atoms with Crippen LogP contribution in [0.1, 0.15) is 24.3 Å². The van der Waals surface area contributed by atoms with Crippen LogP contribution >= 0.6 is 0 Å². The van der Waals surface area contributed by atoms with Crippen molar-refractivity contribution in [3.63, 3.8) is 0 Å². The molecule has 1 amide bonds. The molecule has 2 rings (SSSR count). The number of ether oxygens (including phenoxy) is 1. The first kappa shape index (κ1) is 12.9. The second-order valence-corrected chi connectivity index (χ2v) is 4.62. The number of hydrogen-bond donors (Lipinski definition) is 2. The summed E-state index contributed by atoms with van der Waals surface area (Å²) in [6, 6.07) is 8.04. The highest BCUT2D eigenvalue weighted by molar-refractivity contribution is 5.81. The lowest BCUT2D eigenvalue weighted by molar-refractivity contribution is -0.123. The van der Waals surface area contributed by atoms with Gasteiger partial charge < -0.3 is 15.4 Å². The van der Waals surface area contributed by atoms with Gasteiger partial charge in [0.1, 0.15) is 5.75 Å². The van der Waals surface area contributed by atoms with Crippen molar-refractivity contribution < 1.29 is 9.53 Å². The Hall–Kier alpha value is -1.55. The van der Waals surface area contributed by atoms with Gasteiger partial charge in [-0.05, 0) is 43.0 Å². The molecule has 2 unspecified atom stereocenters. The number of benzene rings is 1. The Labute approximate surface area is 108 Å². The first-order valence-electron chi connectivity index (χ1n) is 6.33. The van der Waals surface area contributed by atoms with Crippen molar-refractivity contribution in [2.24, 2.45) is 0 Å². The van der Waals surface area contributed by atoms with E-state index in [4.69, 9.17) is 4.74 Å². The number of carbonyl (C=O) groups excluding carboxylic acids is 1. The minimum absolute atomic E-state index is 0.0718. The lowest BCUT2D eigenvalue weighted by Crippen LogP contribution is -2.47. The number of hydrogen-bond acceptors (Lipinski definition) is 3. The molecule has 1 heterocycles. The highest BCUT2D eigenvalue weighted by Gasteiger charge is 2.27. The average Bonchev–Trinajstić information content (AvgIpc) is 2.46. The summed E-state index contributed by atoms with van der Waals surface area (Å²) in [6.07, 6.45) is 1.90. The summed E-state index contributed by atoms with van der Waals surface area (Å²) in [5, 5.41) is 5.96. The third-order valence-electron chi connectivity index (χ3n) is 3.53. The van der Waals surface area contributed by atoms with E-state index in [0.717, 1.165) is 25.1 Å². The Morgan fingerprint density at radius 2 is 2.33 bits per heavy atom. The van der Waals surface area contributed by atoms with Gasteiger partial charge in [0.15, 0.2) is 0 Å². The van der Waals surface area contributed by atoms with Gasteiger partial charge in [0.2, 0.25) is 5.91 Å². The molecule has 98 valence electrons. The standard InChI is InChI=1S/C14H20N2O2/c1-15-14(17)13-9-11(6-7-16-13)10-4-3-5-12(8-10)18-2/h3-5,8,11,13,16H,6-7,9H2,1-2H3,(H,15,17). The molecular formula is C14H20N2O2.